The van der Waals surface area contributed by atoms with Gasteiger partial charge in [0.05, 0.1) is 11.7 Å². The fraction of sp³-hybridized carbons (Fsp3) is 0.533. The number of cyclic esters (lactones) is 1. The van der Waals surface area contributed by atoms with E-state index in [0.29, 0.717) is 12.2 Å². The Labute approximate surface area is 113 Å². The van der Waals surface area contributed by atoms with E-state index >= 15 is 0 Å². The number of esters is 1. The molecular formula is C15H21NO3. The SMILES string of the molecule is CCC(CCCCN)Oc1ccc2c(c1)COC2=O. The van der Waals surface area contributed by atoms with Gasteiger partial charge in [-0.1, -0.05) is 6.92 Å². The Balaban J connectivity index is 1.96. The zero-order chi connectivity index (χ0) is 13.7. The summed E-state index contributed by atoms with van der Waals surface area (Å²) in [5.41, 5.74) is 7.07. The number of benzene rings is 1. The smallest absolute Gasteiger partial charge is 0.338 e. The maximum absolute atomic E-state index is 11.4. The molecule has 1 aliphatic heterocycles. The Bertz CT molecular complexity index is 445. The molecule has 0 aromatic heterocycles. The Hall–Kier alpha value is -1.55. The molecule has 1 heterocycles. The molecule has 1 aliphatic rings. The number of carbonyl (C=O) groups is 1. The van der Waals surface area contributed by atoms with Crippen molar-refractivity contribution in [2.24, 2.45) is 5.73 Å². The van der Waals surface area contributed by atoms with Crippen LogP contribution in [0.25, 0.3) is 0 Å². The number of ether oxygens (including phenoxy) is 2. The fourth-order valence-electron chi connectivity index (χ4n) is 2.24. The molecule has 0 radical (unpaired) electrons. The minimum Gasteiger partial charge on any atom is -0.490 e. The highest BCUT2D eigenvalue weighted by Crippen LogP contribution is 2.26. The number of fused-ring (bicyclic) bond motifs is 1. The molecule has 4 nitrogen and oxygen atoms in total. The van der Waals surface area contributed by atoms with E-state index < -0.39 is 0 Å². The van der Waals surface area contributed by atoms with Gasteiger partial charge in [-0.3, -0.25) is 0 Å². The second-order valence-electron chi connectivity index (χ2n) is 4.83. The molecule has 0 spiro atoms. The first-order valence-electron chi connectivity index (χ1n) is 6.91. The van der Waals surface area contributed by atoms with Gasteiger partial charge in [-0.15, -0.1) is 0 Å². The van der Waals surface area contributed by atoms with Crippen LogP contribution in [-0.2, 0) is 11.3 Å². The Morgan fingerprint density at radius 2 is 2.26 bits per heavy atom. The fourth-order valence-corrected chi connectivity index (χ4v) is 2.24. The topological polar surface area (TPSA) is 61.6 Å². The maximum Gasteiger partial charge on any atom is 0.338 e. The van der Waals surface area contributed by atoms with Crippen LogP contribution in [0.4, 0.5) is 0 Å². The van der Waals surface area contributed by atoms with E-state index in [1.54, 1.807) is 6.07 Å². The van der Waals surface area contributed by atoms with Crippen molar-refractivity contribution < 1.29 is 14.3 Å². The van der Waals surface area contributed by atoms with Crippen molar-refractivity contribution in [1.29, 1.82) is 0 Å². The van der Waals surface area contributed by atoms with Gasteiger partial charge in [-0.2, -0.15) is 0 Å². The molecule has 0 amide bonds. The van der Waals surface area contributed by atoms with Crippen molar-refractivity contribution in [1.82, 2.24) is 0 Å². The number of nitrogens with two attached hydrogens (primary N) is 1. The highest BCUT2D eigenvalue weighted by atomic mass is 16.5. The standard InChI is InChI=1S/C15H21NO3/c1-2-12(5-3-4-8-16)19-13-6-7-14-11(9-13)10-18-15(14)17/h6-7,9,12H,2-5,8,10,16H2,1H3. The van der Waals surface area contributed by atoms with Crippen molar-refractivity contribution in [3.05, 3.63) is 29.3 Å². The van der Waals surface area contributed by atoms with Gasteiger partial charge in [0.15, 0.2) is 0 Å². The summed E-state index contributed by atoms with van der Waals surface area (Å²) < 4.78 is 10.9. The molecule has 2 rings (SSSR count). The van der Waals surface area contributed by atoms with Crippen molar-refractivity contribution in [3.63, 3.8) is 0 Å². The lowest BCUT2D eigenvalue weighted by Crippen LogP contribution is -2.16. The predicted molar refractivity (Wildman–Crippen MR) is 73.2 cm³/mol. The average molecular weight is 263 g/mol. The Morgan fingerprint density at radius 3 is 3.00 bits per heavy atom. The van der Waals surface area contributed by atoms with Gasteiger partial charge >= 0.3 is 5.97 Å². The molecule has 0 bridgehead atoms. The highest BCUT2D eigenvalue weighted by molar-refractivity contribution is 5.93. The molecule has 19 heavy (non-hydrogen) atoms. The van der Waals surface area contributed by atoms with Crippen LogP contribution in [0.5, 0.6) is 5.75 Å². The predicted octanol–water partition coefficient (Wildman–Crippen LogP) is 2.64. The third-order valence-electron chi connectivity index (χ3n) is 3.39. The number of rotatable bonds is 7. The van der Waals surface area contributed by atoms with Crippen molar-refractivity contribution in [3.8, 4) is 5.75 Å². The minimum atomic E-state index is -0.239. The molecule has 0 fully saturated rings. The highest BCUT2D eigenvalue weighted by Gasteiger charge is 2.21. The molecular weight excluding hydrogens is 242 g/mol. The van der Waals surface area contributed by atoms with E-state index in [4.69, 9.17) is 15.2 Å². The molecule has 1 unspecified atom stereocenters. The summed E-state index contributed by atoms with van der Waals surface area (Å²) in [5, 5.41) is 0. The first-order valence-corrected chi connectivity index (χ1v) is 6.91. The first kappa shape index (κ1) is 13.9. The number of hydrogen-bond donors (Lipinski definition) is 1. The molecule has 1 aromatic carbocycles. The lowest BCUT2D eigenvalue weighted by Gasteiger charge is -2.17. The maximum atomic E-state index is 11.4. The lowest BCUT2D eigenvalue weighted by molar-refractivity contribution is 0.0535. The van der Waals surface area contributed by atoms with Crippen LogP contribution >= 0.6 is 0 Å². The largest absolute Gasteiger partial charge is 0.490 e. The van der Waals surface area contributed by atoms with E-state index in [9.17, 15) is 4.79 Å². The molecule has 1 atom stereocenters. The lowest BCUT2D eigenvalue weighted by atomic mass is 10.1. The van der Waals surface area contributed by atoms with Gasteiger partial charge in [-0.25, -0.2) is 4.79 Å². The summed E-state index contributed by atoms with van der Waals surface area (Å²) in [5.74, 6) is 0.577. The third kappa shape index (κ3) is 3.47. The van der Waals surface area contributed by atoms with Crippen molar-refractivity contribution in [2.45, 2.75) is 45.3 Å². The number of carbonyl (C=O) groups excluding carboxylic acids is 1. The normalized spacial score (nSPS) is 14.9. The van der Waals surface area contributed by atoms with Crippen LogP contribution in [0.15, 0.2) is 18.2 Å². The third-order valence-corrected chi connectivity index (χ3v) is 3.39. The van der Waals surface area contributed by atoms with E-state index in [0.717, 1.165) is 43.5 Å². The van der Waals surface area contributed by atoms with E-state index in [1.807, 2.05) is 12.1 Å². The van der Waals surface area contributed by atoms with Crippen LogP contribution in [0.2, 0.25) is 0 Å². The molecule has 0 aliphatic carbocycles. The summed E-state index contributed by atoms with van der Waals surface area (Å²) in [7, 11) is 0. The van der Waals surface area contributed by atoms with Gasteiger partial charge in [0, 0.05) is 5.56 Å². The molecule has 0 saturated heterocycles. The van der Waals surface area contributed by atoms with Crippen molar-refractivity contribution >= 4 is 5.97 Å². The van der Waals surface area contributed by atoms with Gasteiger partial charge in [0.1, 0.15) is 12.4 Å². The summed E-state index contributed by atoms with van der Waals surface area (Å²) in [4.78, 5) is 11.4. The van der Waals surface area contributed by atoms with E-state index in [-0.39, 0.29) is 12.1 Å². The quantitative estimate of drug-likeness (QED) is 0.607. The van der Waals surface area contributed by atoms with Crippen LogP contribution in [0.3, 0.4) is 0 Å². The number of hydrogen-bond acceptors (Lipinski definition) is 4. The van der Waals surface area contributed by atoms with Crippen LogP contribution < -0.4 is 10.5 Å². The van der Waals surface area contributed by atoms with Gasteiger partial charge in [-0.05, 0) is 50.4 Å². The van der Waals surface area contributed by atoms with Crippen LogP contribution in [0.1, 0.15) is 48.5 Å². The first-order chi connectivity index (χ1) is 9.24. The molecule has 4 heteroatoms. The van der Waals surface area contributed by atoms with Crippen molar-refractivity contribution in [2.75, 3.05) is 6.54 Å². The van der Waals surface area contributed by atoms with Crippen LogP contribution in [-0.4, -0.2) is 18.6 Å². The number of unbranched alkanes of at least 4 members (excludes halogenated alkanes) is 1. The van der Waals surface area contributed by atoms with Gasteiger partial charge in [0.25, 0.3) is 0 Å². The molecule has 1 aromatic rings. The molecule has 2 N–H and O–H groups in total. The molecule has 0 saturated carbocycles. The summed E-state index contributed by atoms with van der Waals surface area (Å²) in [6, 6.07) is 5.54. The van der Waals surface area contributed by atoms with Gasteiger partial charge in [0.2, 0.25) is 0 Å². The van der Waals surface area contributed by atoms with Gasteiger partial charge < -0.3 is 15.2 Å². The molecule has 104 valence electrons. The minimum absolute atomic E-state index is 0.211. The summed E-state index contributed by atoms with van der Waals surface area (Å²) in [6.07, 6.45) is 4.31. The van der Waals surface area contributed by atoms with E-state index in [1.165, 1.54) is 0 Å². The second kappa shape index (κ2) is 6.57. The van der Waals surface area contributed by atoms with Crippen LogP contribution in [0, 0.1) is 0 Å². The average Bonchev–Trinajstić information content (AvgIpc) is 2.79. The zero-order valence-electron chi connectivity index (χ0n) is 11.4. The monoisotopic (exact) mass is 263 g/mol. The zero-order valence-corrected chi connectivity index (χ0v) is 11.4. The second-order valence-corrected chi connectivity index (χ2v) is 4.83. The van der Waals surface area contributed by atoms with E-state index in [2.05, 4.69) is 6.92 Å². The summed E-state index contributed by atoms with van der Waals surface area (Å²) in [6.45, 7) is 3.21. The summed E-state index contributed by atoms with van der Waals surface area (Å²) >= 11 is 0. The Kier molecular flexibility index (Phi) is 4.80. The Morgan fingerprint density at radius 1 is 1.42 bits per heavy atom.